The smallest absolute Gasteiger partial charge is 0.404 e. The molecule has 0 aromatic heterocycles. The molecule has 0 aliphatic rings. The number of unbranched alkanes of at least 4 members (excludes halogenated alkanes) is 6. The van der Waals surface area contributed by atoms with E-state index in [-0.39, 0.29) is 0 Å². The largest absolute Gasteiger partial charge is 0.530 e. The van der Waals surface area contributed by atoms with Crippen molar-refractivity contribution in [1.82, 2.24) is 0 Å². The number of para-hydroxylation sites is 1. The van der Waals surface area contributed by atoms with Crippen molar-refractivity contribution in [2.24, 2.45) is 0 Å². The van der Waals surface area contributed by atoms with Crippen LogP contribution in [-0.4, -0.2) is 13.2 Å². The Morgan fingerprint density at radius 1 is 0.833 bits per heavy atom. The summed E-state index contributed by atoms with van der Waals surface area (Å²) in [5, 5.41) is 0. The molecule has 24 heavy (non-hydrogen) atoms. The van der Waals surface area contributed by atoms with Crippen molar-refractivity contribution < 1.29 is 18.1 Å². The van der Waals surface area contributed by atoms with Crippen LogP contribution in [0.1, 0.15) is 70.8 Å². The summed E-state index contributed by atoms with van der Waals surface area (Å²) in [6, 6.07) is 7.49. The Balaban J connectivity index is 2.56. The maximum Gasteiger partial charge on any atom is 0.530 e. The van der Waals surface area contributed by atoms with E-state index in [2.05, 4.69) is 13.8 Å². The third-order valence-corrected chi connectivity index (χ3v) is 5.22. The Kier molecular flexibility index (Phi) is 11.1. The van der Waals surface area contributed by atoms with Gasteiger partial charge in [-0.25, -0.2) is 4.57 Å². The van der Waals surface area contributed by atoms with Gasteiger partial charge >= 0.3 is 7.82 Å². The summed E-state index contributed by atoms with van der Waals surface area (Å²) in [5.41, 5.74) is 0.918. The number of benzene rings is 1. The maximum absolute atomic E-state index is 12.9. The fourth-order valence-electron chi connectivity index (χ4n) is 2.28. The monoisotopic (exact) mass is 356 g/mol. The van der Waals surface area contributed by atoms with Gasteiger partial charge in [-0.05, 0) is 31.4 Å². The van der Waals surface area contributed by atoms with Crippen LogP contribution in [0.15, 0.2) is 24.3 Å². The van der Waals surface area contributed by atoms with E-state index in [9.17, 15) is 4.57 Å². The van der Waals surface area contributed by atoms with Gasteiger partial charge in [-0.15, -0.1) is 0 Å². The van der Waals surface area contributed by atoms with Gasteiger partial charge in [-0.3, -0.25) is 9.05 Å². The number of phosphoric ester groups is 1. The fourth-order valence-corrected chi connectivity index (χ4v) is 3.61. The fraction of sp³-hybridized carbons (Fsp3) is 0.684. The predicted octanol–water partition coefficient (Wildman–Crippen LogP) is 6.68. The minimum atomic E-state index is -3.57. The van der Waals surface area contributed by atoms with Crippen LogP contribution in [0.4, 0.5) is 0 Å². The van der Waals surface area contributed by atoms with E-state index in [4.69, 9.17) is 13.6 Å². The van der Waals surface area contributed by atoms with Gasteiger partial charge < -0.3 is 4.52 Å². The van der Waals surface area contributed by atoms with Crippen LogP contribution >= 0.6 is 7.82 Å². The summed E-state index contributed by atoms with van der Waals surface area (Å²) >= 11 is 0. The highest BCUT2D eigenvalue weighted by Crippen LogP contribution is 2.50. The maximum atomic E-state index is 12.9. The number of hydrogen-bond acceptors (Lipinski definition) is 4. The zero-order valence-electron chi connectivity index (χ0n) is 15.5. The number of hydrogen-bond donors (Lipinski definition) is 0. The van der Waals surface area contributed by atoms with Crippen LogP contribution in [0, 0.1) is 6.92 Å². The molecule has 0 atom stereocenters. The van der Waals surface area contributed by atoms with Gasteiger partial charge in [-0.2, -0.15) is 0 Å². The summed E-state index contributed by atoms with van der Waals surface area (Å²) in [6.07, 6.45) is 8.50. The average Bonchev–Trinajstić information content (AvgIpc) is 2.57. The van der Waals surface area contributed by atoms with E-state index in [1.807, 2.05) is 25.1 Å². The van der Waals surface area contributed by atoms with Crippen LogP contribution in [0.25, 0.3) is 0 Å². The quantitative estimate of drug-likeness (QED) is 0.276. The molecule has 0 aliphatic carbocycles. The molecule has 0 saturated heterocycles. The molecule has 0 unspecified atom stereocenters. The average molecular weight is 356 g/mol. The topological polar surface area (TPSA) is 44.8 Å². The molecule has 0 spiro atoms. The van der Waals surface area contributed by atoms with Crippen molar-refractivity contribution in [3.63, 3.8) is 0 Å². The van der Waals surface area contributed by atoms with Crippen LogP contribution in [0.3, 0.4) is 0 Å². The third-order valence-electron chi connectivity index (χ3n) is 3.80. The van der Waals surface area contributed by atoms with Gasteiger partial charge in [0.1, 0.15) is 5.75 Å². The molecule has 1 rings (SSSR count). The molecular formula is C19H33O4P. The summed E-state index contributed by atoms with van der Waals surface area (Å²) in [6.45, 7) is 7.04. The van der Waals surface area contributed by atoms with Crippen LogP contribution in [-0.2, 0) is 13.6 Å². The lowest BCUT2D eigenvalue weighted by atomic mass is 10.2. The molecule has 1 aromatic carbocycles. The van der Waals surface area contributed by atoms with Crippen molar-refractivity contribution in [2.45, 2.75) is 72.1 Å². The van der Waals surface area contributed by atoms with Crippen LogP contribution in [0.5, 0.6) is 5.75 Å². The highest BCUT2D eigenvalue weighted by molar-refractivity contribution is 7.48. The molecule has 0 bridgehead atoms. The molecule has 0 amide bonds. The zero-order chi connectivity index (χ0) is 17.7. The minimum absolute atomic E-state index is 0.401. The van der Waals surface area contributed by atoms with Gasteiger partial charge in [0.05, 0.1) is 13.2 Å². The van der Waals surface area contributed by atoms with Crippen molar-refractivity contribution in [1.29, 1.82) is 0 Å². The Bertz CT molecular complexity index is 472. The number of phosphoric acid groups is 1. The lowest BCUT2D eigenvalue weighted by molar-refractivity contribution is 0.150. The first-order valence-corrected chi connectivity index (χ1v) is 10.7. The van der Waals surface area contributed by atoms with Gasteiger partial charge in [0, 0.05) is 0 Å². The molecule has 0 aliphatic heterocycles. The van der Waals surface area contributed by atoms with E-state index in [1.54, 1.807) is 6.07 Å². The standard InChI is InChI=1S/C19H33O4P/c1-4-6-8-12-16-21-24(20,22-17-13-9-7-5-2)23-19-15-11-10-14-18(19)3/h10-11,14-15H,4-9,12-13,16-17H2,1-3H3. The first-order valence-electron chi connectivity index (χ1n) is 9.25. The summed E-state index contributed by atoms with van der Waals surface area (Å²) in [5.74, 6) is 0.558. The Morgan fingerprint density at radius 2 is 1.38 bits per heavy atom. The first-order chi connectivity index (χ1) is 11.6. The van der Waals surface area contributed by atoms with Gasteiger partial charge in [-0.1, -0.05) is 70.6 Å². The summed E-state index contributed by atoms with van der Waals surface area (Å²) < 4.78 is 29.7. The van der Waals surface area contributed by atoms with Crippen LogP contribution < -0.4 is 4.52 Å². The van der Waals surface area contributed by atoms with Crippen molar-refractivity contribution in [2.75, 3.05) is 13.2 Å². The highest BCUT2D eigenvalue weighted by atomic mass is 31.2. The van der Waals surface area contributed by atoms with Crippen molar-refractivity contribution >= 4 is 7.82 Å². The SMILES string of the molecule is CCCCCCOP(=O)(OCCCCCC)Oc1ccccc1C. The van der Waals surface area contributed by atoms with Gasteiger partial charge in [0.2, 0.25) is 0 Å². The molecule has 0 fully saturated rings. The van der Waals surface area contributed by atoms with Crippen molar-refractivity contribution in [3.05, 3.63) is 29.8 Å². The van der Waals surface area contributed by atoms with E-state index in [1.165, 1.54) is 0 Å². The minimum Gasteiger partial charge on any atom is -0.404 e. The molecular weight excluding hydrogens is 323 g/mol. The highest BCUT2D eigenvalue weighted by Gasteiger charge is 2.28. The van der Waals surface area contributed by atoms with Crippen molar-refractivity contribution in [3.8, 4) is 5.75 Å². The Morgan fingerprint density at radius 3 is 1.88 bits per heavy atom. The van der Waals surface area contributed by atoms with Gasteiger partial charge in [0.25, 0.3) is 0 Å². The van der Waals surface area contributed by atoms with Crippen LogP contribution in [0.2, 0.25) is 0 Å². The second kappa shape index (κ2) is 12.5. The van der Waals surface area contributed by atoms with Gasteiger partial charge in [0.15, 0.2) is 0 Å². The molecule has 4 nitrogen and oxygen atoms in total. The lowest BCUT2D eigenvalue weighted by Gasteiger charge is -2.19. The molecule has 5 heteroatoms. The second-order valence-corrected chi connectivity index (χ2v) is 7.69. The second-order valence-electron chi connectivity index (χ2n) is 6.09. The molecule has 0 saturated carbocycles. The van der Waals surface area contributed by atoms with E-state index >= 15 is 0 Å². The van der Waals surface area contributed by atoms with E-state index in [0.717, 1.165) is 56.9 Å². The molecule has 1 aromatic rings. The lowest BCUT2D eigenvalue weighted by Crippen LogP contribution is -2.06. The summed E-state index contributed by atoms with van der Waals surface area (Å²) in [4.78, 5) is 0. The Labute approximate surface area is 147 Å². The Hall–Kier alpha value is -0.830. The van der Waals surface area contributed by atoms with E-state index < -0.39 is 7.82 Å². The predicted molar refractivity (Wildman–Crippen MR) is 99.6 cm³/mol. The molecule has 0 N–H and O–H groups in total. The number of aryl methyl sites for hydroxylation is 1. The molecule has 0 radical (unpaired) electrons. The van der Waals surface area contributed by atoms with E-state index in [0.29, 0.717) is 19.0 Å². The molecule has 138 valence electrons. The zero-order valence-corrected chi connectivity index (χ0v) is 16.4. The number of rotatable bonds is 14. The third kappa shape index (κ3) is 8.86. The normalized spacial score (nSPS) is 11.6. The molecule has 0 heterocycles. The summed E-state index contributed by atoms with van der Waals surface area (Å²) in [7, 11) is -3.57. The first kappa shape index (κ1) is 21.2.